The largest absolute Gasteiger partial charge is 0.494 e. The maximum absolute atomic E-state index is 13.7. The molecular weight excluding hydrogens is 552 g/mol. The third-order valence-electron chi connectivity index (χ3n) is 7.51. The first-order valence-electron chi connectivity index (χ1n) is 14.4. The lowest BCUT2D eigenvalue weighted by molar-refractivity contribution is -0.136. The Morgan fingerprint density at radius 1 is 1.14 bits per heavy atom. The Balaban J connectivity index is 1.47. The number of imidazole rings is 1. The number of pyridine rings is 1. The molecule has 12 heteroatoms. The number of likely N-dealkylation sites (tertiary alicyclic amines) is 1. The van der Waals surface area contributed by atoms with E-state index in [2.05, 4.69) is 10.3 Å². The van der Waals surface area contributed by atoms with Crippen molar-refractivity contribution in [3.05, 3.63) is 41.6 Å². The molecule has 1 aromatic carbocycles. The number of amides is 2. The van der Waals surface area contributed by atoms with Crippen molar-refractivity contribution in [3.63, 3.8) is 0 Å². The van der Waals surface area contributed by atoms with Crippen LogP contribution in [0.3, 0.4) is 0 Å². The molecule has 1 saturated heterocycles. The first kappa shape index (κ1) is 29.9. The van der Waals surface area contributed by atoms with Crippen LogP contribution in [-0.2, 0) is 29.5 Å². The summed E-state index contributed by atoms with van der Waals surface area (Å²) < 4.78 is 15.1. The molecule has 2 amide bonds. The number of aryl methyl sites for hydroxylation is 2. The van der Waals surface area contributed by atoms with Crippen LogP contribution in [0.4, 0.5) is 4.79 Å². The topological polar surface area (TPSA) is 141 Å². The first-order chi connectivity index (χ1) is 20.4. The molecule has 1 atom stereocenters. The number of hydrogen-bond donors (Lipinski definition) is 2. The van der Waals surface area contributed by atoms with Gasteiger partial charge in [0.05, 0.1) is 30.4 Å². The summed E-state index contributed by atoms with van der Waals surface area (Å²) in [6, 6.07) is 8.89. The molecule has 1 fully saturated rings. The van der Waals surface area contributed by atoms with Crippen LogP contribution in [0.25, 0.3) is 33.6 Å². The molecule has 4 aromatic rings. The molecule has 5 rings (SSSR count). The lowest BCUT2D eigenvalue weighted by atomic mass is 10.0. The van der Waals surface area contributed by atoms with Gasteiger partial charge in [-0.25, -0.2) is 14.8 Å². The highest BCUT2D eigenvalue weighted by Crippen LogP contribution is 2.34. The summed E-state index contributed by atoms with van der Waals surface area (Å²) in [6.07, 6.45) is 0.861. The number of aliphatic carboxylic acids is 1. The molecule has 0 spiro atoms. The zero-order valence-electron chi connectivity index (χ0n) is 25.4. The Hall–Kier alpha value is -4.61. The van der Waals surface area contributed by atoms with Crippen molar-refractivity contribution < 1.29 is 29.0 Å². The van der Waals surface area contributed by atoms with E-state index in [-0.39, 0.29) is 18.4 Å². The highest BCUT2D eigenvalue weighted by molar-refractivity contribution is 6.00. The molecule has 0 saturated carbocycles. The van der Waals surface area contributed by atoms with E-state index in [4.69, 9.17) is 14.5 Å². The Labute approximate surface area is 249 Å². The number of nitrogens with one attached hydrogen (secondary N) is 1. The fraction of sp³-hybridized carbons (Fsp3) is 0.452. The Morgan fingerprint density at radius 2 is 1.91 bits per heavy atom. The molecule has 43 heavy (non-hydrogen) atoms. The highest BCUT2D eigenvalue weighted by Gasteiger charge is 2.29. The van der Waals surface area contributed by atoms with Gasteiger partial charge in [-0.1, -0.05) is 0 Å². The minimum atomic E-state index is -0.936. The van der Waals surface area contributed by atoms with Gasteiger partial charge < -0.3 is 33.9 Å². The maximum atomic E-state index is 13.7. The van der Waals surface area contributed by atoms with Gasteiger partial charge in [-0.05, 0) is 70.9 Å². The number of benzene rings is 1. The van der Waals surface area contributed by atoms with Gasteiger partial charge in [0.2, 0.25) is 0 Å². The third kappa shape index (κ3) is 6.13. The van der Waals surface area contributed by atoms with E-state index in [0.717, 1.165) is 29.4 Å². The van der Waals surface area contributed by atoms with Crippen molar-refractivity contribution in [2.24, 2.45) is 7.05 Å². The number of aromatic nitrogens is 4. The number of fused-ring (bicyclic) bond motifs is 2. The average molecular weight is 591 g/mol. The summed E-state index contributed by atoms with van der Waals surface area (Å²) in [7, 11) is 3.46. The van der Waals surface area contributed by atoms with Crippen LogP contribution in [0.5, 0.6) is 5.75 Å². The quantitative estimate of drug-likeness (QED) is 0.323. The summed E-state index contributed by atoms with van der Waals surface area (Å²) in [4.78, 5) is 48.6. The maximum Gasteiger partial charge on any atom is 0.407 e. The molecule has 0 radical (unpaired) electrons. The summed E-state index contributed by atoms with van der Waals surface area (Å²) >= 11 is 0. The molecule has 3 aromatic heterocycles. The number of carboxylic acids is 1. The van der Waals surface area contributed by atoms with Crippen molar-refractivity contribution in [1.82, 2.24) is 29.3 Å². The molecule has 0 aliphatic carbocycles. The van der Waals surface area contributed by atoms with Crippen molar-refractivity contribution in [2.75, 3.05) is 20.2 Å². The van der Waals surface area contributed by atoms with Crippen molar-refractivity contribution >= 4 is 40.0 Å². The summed E-state index contributed by atoms with van der Waals surface area (Å²) in [5.74, 6) is 0.0791. The number of ether oxygens (including phenoxy) is 2. The number of rotatable bonds is 7. The van der Waals surface area contributed by atoms with Gasteiger partial charge in [-0.2, -0.15) is 0 Å². The second kappa shape index (κ2) is 11.6. The van der Waals surface area contributed by atoms with Gasteiger partial charge in [-0.15, -0.1) is 0 Å². The van der Waals surface area contributed by atoms with Gasteiger partial charge >= 0.3 is 12.1 Å². The molecule has 1 aliphatic heterocycles. The lowest BCUT2D eigenvalue weighted by Gasteiger charge is -2.33. The molecule has 12 nitrogen and oxygen atoms in total. The monoisotopic (exact) mass is 590 g/mol. The summed E-state index contributed by atoms with van der Waals surface area (Å²) in [5, 5.41) is 13.0. The van der Waals surface area contributed by atoms with Crippen molar-refractivity contribution in [3.8, 4) is 17.3 Å². The normalized spacial score (nSPS) is 15.6. The number of carbonyl (C=O) groups excluding carboxylic acids is 2. The van der Waals surface area contributed by atoms with Gasteiger partial charge in [0.1, 0.15) is 22.5 Å². The second-order valence-electron chi connectivity index (χ2n) is 11.8. The lowest BCUT2D eigenvalue weighted by Crippen LogP contribution is -2.50. The third-order valence-corrected chi connectivity index (χ3v) is 7.51. The van der Waals surface area contributed by atoms with Gasteiger partial charge in [0, 0.05) is 43.7 Å². The van der Waals surface area contributed by atoms with Crippen LogP contribution in [0, 0.1) is 0 Å². The van der Waals surface area contributed by atoms with Gasteiger partial charge in [-0.3, -0.25) is 9.59 Å². The van der Waals surface area contributed by atoms with Gasteiger partial charge in [0.25, 0.3) is 5.91 Å². The van der Waals surface area contributed by atoms with Crippen molar-refractivity contribution in [2.45, 2.75) is 65.1 Å². The summed E-state index contributed by atoms with van der Waals surface area (Å²) in [5.41, 5.74) is 3.17. The Morgan fingerprint density at radius 3 is 2.58 bits per heavy atom. The molecule has 0 bridgehead atoms. The van der Waals surface area contributed by atoms with Crippen LogP contribution < -0.4 is 10.1 Å². The van der Waals surface area contributed by atoms with Crippen LogP contribution in [0.2, 0.25) is 0 Å². The zero-order valence-corrected chi connectivity index (χ0v) is 25.4. The number of carbonyl (C=O) groups is 3. The fourth-order valence-corrected chi connectivity index (χ4v) is 5.68. The fourth-order valence-electron chi connectivity index (χ4n) is 5.68. The Kier molecular flexibility index (Phi) is 8.04. The SMILES string of the molecule is CCn1c(-c2nc3cc(C(=O)N4CCCC(NC(=O)OC(C)(C)C)C4)cc(OC)c3n2C)cc2ccc(CC(=O)O)nc21. The predicted octanol–water partition coefficient (Wildman–Crippen LogP) is 4.37. The van der Waals surface area contributed by atoms with E-state index in [1.54, 1.807) is 30.2 Å². The smallest absolute Gasteiger partial charge is 0.407 e. The zero-order chi connectivity index (χ0) is 31.1. The molecule has 4 heterocycles. The first-order valence-corrected chi connectivity index (χ1v) is 14.4. The van der Waals surface area contributed by atoms with Crippen molar-refractivity contribution in [1.29, 1.82) is 0 Å². The predicted molar refractivity (Wildman–Crippen MR) is 161 cm³/mol. The van der Waals surface area contributed by atoms with Crippen LogP contribution in [0.1, 0.15) is 56.6 Å². The number of alkyl carbamates (subject to hydrolysis) is 1. The molecule has 1 unspecified atom stereocenters. The Bertz CT molecular complexity index is 1720. The minimum absolute atomic E-state index is 0.157. The van der Waals surface area contributed by atoms with E-state index < -0.39 is 17.7 Å². The highest BCUT2D eigenvalue weighted by atomic mass is 16.6. The van der Waals surface area contributed by atoms with E-state index in [0.29, 0.717) is 53.6 Å². The number of methoxy groups -OCH3 is 1. The van der Waals surface area contributed by atoms with Crippen LogP contribution in [0.15, 0.2) is 30.3 Å². The standard InChI is InChI=1S/C31H38N6O6/c1-7-37-23(14-18-10-11-20(16-25(38)39)32-27(18)37)28-34-22-13-19(15-24(42-6)26(22)35(28)5)29(40)36-12-8-9-21(17-36)33-30(41)43-31(2,3)4/h10-11,13-15,21H,7-9,12,16-17H2,1-6H3,(H,33,41)(H,38,39). The van der Waals surface area contributed by atoms with E-state index in [1.165, 1.54) is 0 Å². The van der Waals surface area contributed by atoms with Gasteiger partial charge in [0.15, 0.2) is 5.82 Å². The second-order valence-corrected chi connectivity index (χ2v) is 11.8. The molecule has 1 aliphatic rings. The van der Waals surface area contributed by atoms with E-state index >= 15 is 0 Å². The van der Waals surface area contributed by atoms with Crippen LogP contribution in [-0.4, -0.2) is 78.9 Å². The molecule has 2 N–H and O–H groups in total. The average Bonchev–Trinajstić information content (AvgIpc) is 3.47. The minimum Gasteiger partial charge on any atom is -0.494 e. The number of nitrogens with zero attached hydrogens (tertiary/aromatic N) is 5. The number of hydrogen-bond acceptors (Lipinski definition) is 7. The van der Waals surface area contributed by atoms with E-state index in [1.807, 2.05) is 56.0 Å². The molecule has 228 valence electrons. The number of carboxylic acid groups (broad SMARTS) is 1. The van der Waals surface area contributed by atoms with Crippen LogP contribution >= 0.6 is 0 Å². The molecular formula is C31H38N6O6. The summed E-state index contributed by atoms with van der Waals surface area (Å²) in [6.45, 7) is 8.98. The number of piperidine rings is 1. The van der Waals surface area contributed by atoms with E-state index in [9.17, 15) is 19.5 Å².